The topological polar surface area (TPSA) is 151 Å². The van der Waals surface area contributed by atoms with Gasteiger partial charge in [0.1, 0.15) is 5.76 Å². The number of unbranched alkanes of at least 4 members (excludes halogenated alkanes) is 3. The van der Waals surface area contributed by atoms with E-state index in [1.54, 1.807) is 19.3 Å². The Bertz CT molecular complexity index is 966. The molecular formula is C28H38O9. The van der Waals surface area contributed by atoms with E-state index >= 15 is 0 Å². The summed E-state index contributed by atoms with van der Waals surface area (Å²) in [6, 6.07) is 7.74. The molecule has 1 aromatic rings. The van der Waals surface area contributed by atoms with Crippen LogP contribution in [0.25, 0.3) is 0 Å². The number of carbonyl (C=O) groups is 3. The highest BCUT2D eigenvalue weighted by atomic mass is 16.5. The van der Waals surface area contributed by atoms with Crippen molar-refractivity contribution >= 4 is 17.9 Å². The first-order chi connectivity index (χ1) is 17.7. The molecule has 0 aromatic heterocycles. The van der Waals surface area contributed by atoms with Crippen molar-refractivity contribution in [3.8, 4) is 0 Å². The molecule has 2 rings (SSSR count). The van der Waals surface area contributed by atoms with E-state index in [2.05, 4.69) is 0 Å². The van der Waals surface area contributed by atoms with Crippen LogP contribution in [0.1, 0.15) is 68.9 Å². The summed E-state index contributed by atoms with van der Waals surface area (Å²) in [6.45, 7) is 0.479. The number of esters is 1. The molecule has 0 heterocycles. The third-order valence-electron chi connectivity index (χ3n) is 6.22. The Morgan fingerprint density at radius 2 is 1.73 bits per heavy atom. The largest absolute Gasteiger partial charge is 0.481 e. The highest BCUT2D eigenvalue weighted by Gasteiger charge is 2.34. The molecule has 0 radical (unpaired) electrons. The lowest BCUT2D eigenvalue weighted by Crippen LogP contribution is -2.16. The van der Waals surface area contributed by atoms with Gasteiger partial charge < -0.3 is 29.9 Å². The van der Waals surface area contributed by atoms with Gasteiger partial charge in [0.25, 0.3) is 0 Å². The summed E-state index contributed by atoms with van der Waals surface area (Å²) >= 11 is 0. The Labute approximate surface area is 217 Å². The molecule has 0 amide bonds. The fraction of sp³-hybridized carbons (Fsp3) is 0.536. The maximum Gasteiger partial charge on any atom is 0.311 e. The second kappa shape index (κ2) is 16.0. The molecule has 9 heteroatoms. The number of carboxylic acids is 2. The van der Waals surface area contributed by atoms with Crippen molar-refractivity contribution in [1.29, 1.82) is 0 Å². The first-order valence-electron chi connectivity index (χ1n) is 12.7. The fourth-order valence-corrected chi connectivity index (χ4v) is 4.44. The molecular weight excluding hydrogens is 480 g/mol. The molecule has 0 bridgehead atoms. The van der Waals surface area contributed by atoms with E-state index in [-0.39, 0.29) is 25.7 Å². The summed E-state index contributed by atoms with van der Waals surface area (Å²) in [5, 5.41) is 38.9. The maximum absolute atomic E-state index is 12.2. The van der Waals surface area contributed by atoms with Crippen molar-refractivity contribution < 1.29 is 44.3 Å². The normalized spacial score (nSPS) is 18.4. The molecule has 0 spiro atoms. The lowest BCUT2D eigenvalue weighted by molar-refractivity contribution is -0.145. The molecule has 0 saturated heterocycles. The first kappa shape index (κ1) is 30.2. The van der Waals surface area contributed by atoms with Gasteiger partial charge in [-0.15, -0.1) is 0 Å². The number of methoxy groups -OCH3 is 1. The Hall–Kier alpha value is -3.01. The summed E-state index contributed by atoms with van der Waals surface area (Å²) in [7, 11) is 1.62. The predicted octanol–water partition coefficient (Wildman–Crippen LogP) is 3.76. The number of aliphatic hydroxyl groups is 2. The van der Waals surface area contributed by atoms with Gasteiger partial charge in [-0.3, -0.25) is 14.4 Å². The Morgan fingerprint density at radius 1 is 1.03 bits per heavy atom. The van der Waals surface area contributed by atoms with Crippen LogP contribution in [0.3, 0.4) is 0 Å². The van der Waals surface area contributed by atoms with Gasteiger partial charge in [0.15, 0.2) is 0 Å². The van der Waals surface area contributed by atoms with Gasteiger partial charge in [-0.05, 0) is 36.0 Å². The molecule has 1 aliphatic carbocycles. The zero-order valence-electron chi connectivity index (χ0n) is 21.3. The molecule has 1 aliphatic rings. The van der Waals surface area contributed by atoms with E-state index in [4.69, 9.17) is 19.7 Å². The number of aliphatic hydroxyl groups excluding tert-OH is 2. The number of ether oxygens (including phenoxy) is 2. The minimum atomic E-state index is -1.10. The zero-order valence-corrected chi connectivity index (χ0v) is 21.3. The van der Waals surface area contributed by atoms with E-state index in [9.17, 15) is 24.6 Å². The van der Waals surface area contributed by atoms with Crippen LogP contribution in [0.2, 0.25) is 0 Å². The molecule has 204 valence electrons. The Balaban J connectivity index is 2.07. The molecule has 4 N–H and O–H groups in total. The van der Waals surface area contributed by atoms with Gasteiger partial charge in [-0.1, -0.05) is 49.3 Å². The molecule has 0 aliphatic heterocycles. The van der Waals surface area contributed by atoms with Crippen LogP contribution in [-0.4, -0.2) is 57.7 Å². The quantitative estimate of drug-likeness (QED) is 0.137. The lowest BCUT2D eigenvalue weighted by atomic mass is 9.93. The summed E-state index contributed by atoms with van der Waals surface area (Å²) in [5.74, 6) is -2.68. The SMILES string of the molecule is COCc1cccc(C[C@@H](O)C=C[C@@H]2C(CCCCCCC(=O)O)=C(OC(=O)CCC(=O)O)C[C@H]2O)c1. The van der Waals surface area contributed by atoms with Crippen molar-refractivity contribution in [3.63, 3.8) is 0 Å². The third-order valence-corrected chi connectivity index (χ3v) is 6.22. The Kier molecular flexibility index (Phi) is 13.0. The minimum absolute atomic E-state index is 0.117. The lowest BCUT2D eigenvalue weighted by Gasteiger charge is -2.16. The van der Waals surface area contributed by atoms with Crippen LogP contribution in [-0.2, 0) is 36.9 Å². The van der Waals surface area contributed by atoms with Gasteiger partial charge in [0, 0.05) is 32.3 Å². The van der Waals surface area contributed by atoms with E-state index in [0.717, 1.165) is 36.0 Å². The number of carboxylic acid groups (broad SMARTS) is 2. The molecule has 9 nitrogen and oxygen atoms in total. The molecule has 37 heavy (non-hydrogen) atoms. The van der Waals surface area contributed by atoms with Crippen LogP contribution >= 0.6 is 0 Å². The summed E-state index contributed by atoms with van der Waals surface area (Å²) in [4.78, 5) is 33.6. The molecule has 0 saturated carbocycles. The second-order valence-corrected chi connectivity index (χ2v) is 9.33. The summed E-state index contributed by atoms with van der Waals surface area (Å²) < 4.78 is 10.6. The highest BCUT2D eigenvalue weighted by Crippen LogP contribution is 2.37. The van der Waals surface area contributed by atoms with E-state index in [1.165, 1.54) is 0 Å². The summed E-state index contributed by atoms with van der Waals surface area (Å²) in [5.41, 5.74) is 2.70. The van der Waals surface area contributed by atoms with Crippen LogP contribution < -0.4 is 0 Å². The zero-order chi connectivity index (χ0) is 27.2. The van der Waals surface area contributed by atoms with E-state index < -0.39 is 36.0 Å². The van der Waals surface area contributed by atoms with Gasteiger partial charge in [-0.2, -0.15) is 0 Å². The number of aliphatic carboxylic acids is 2. The van der Waals surface area contributed by atoms with Crippen LogP contribution in [0.4, 0.5) is 0 Å². The van der Waals surface area contributed by atoms with Gasteiger partial charge in [0.2, 0.25) is 0 Å². The highest BCUT2D eigenvalue weighted by molar-refractivity contribution is 5.77. The monoisotopic (exact) mass is 518 g/mol. The average molecular weight is 519 g/mol. The number of hydrogen-bond acceptors (Lipinski definition) is 7. The van der Waals surface area contributed by atoms with Crippen LogP contribution in [0, 0.1) is 5.92 Å². The van der Waals surface area contributed by atoms with Crippen molar-refractivity contribution in [3.05, 3.63) is 58.9 Å². The van der Waals surface area contributed by atoms with Crippen LogP contribution in [0.15, 0.2) is 47.7 Å². The molecule has 0 fully saturated rings. The third kappa shape index (κ3) is 11.3. The predicted molar refractivity (Wildman–Crippen MR) is 135 cm³/mol. The van der Waals surface area contributed by atoms with Crippen molar-refractivity contribution in [2.24, 2.45) is 5.92 Å². The van der Waals surface area contributed by atoms with Gasteiger partial charge in [-0.25, -0.2) is 0 Å². The number of carbonyl (C=O) groups excluding carboxylic acids is 1. The second-order valence-electron chi connectivity index (χ2n) is 9.33. The molecule has 1 aromatic carbocycles. The molecule has 0 unspecified atom stereocenters. The minimum Gasteiger partial charge on any atom is -0.481 e. The van der Waals surface area contributed by atoms with Gasteiger partial charge >= 0.3 is 17.9 Å². The fourth-order valence-electron chi connectivity index (χ4n) is 4.44. The first-order valence-corrected chi connectivity index (χ1v) is 12.7. The standard InChI is InChI=1S/C28H38O9/c1-36-18-20-8-6-7-19(15-20)16-21(29)11-12-22-23(9-4-2-3-5-10-26(31)32)25(17-24(22)30)37-28(35)14-13-27(33)34/h6-8,11-12,15,21-22,24,29-30H,2-5,9-10,13-14,16-18H2,1H3,(H,31,32)(H,33,34)/t21-,22+,24+/m0/s1. The van der Waals surface area contributed by atoms with Crippen molar-refractivity contribution in [2.75, 3.05) is 7.11 Å². The van der Waals surface area contributed by atoms with Crippen LogP contribution in [0.5, 0.6) is 0 Å². The Morgan fingerprint density at radius 3 is 2.43 bits per heavy atom. The number of benzene rings is 1. The average Bonchev–Trinajstić information content (AvgIpc) is 3.12. The van der Waals surface area contributed by atoms with E-state index in [0.29, 0.717) is 31.6 Å². The number of rotatable bonds is 17. The number of hydrogen-bond donors (Lipinski definition) is 4. The molecule has 3 atom stereocenters. The van der Waals surface area contributed by atoms with Gasteiger partial charge in [0.05, 0.1) is 31.7 Å². The van der Waals surface area contributed by atoms with E-state index in [1.807, 2.05) is 24.3 Å². The van der Waals surface area contributed by atoms with Crippen molar-refractivity contribution in [1.82, 2.24) is 0 Å². The summed E-state index contributed by atoms with van der Waals surface area (Å²) in [6.07, 6.45) is 5.14. The smallest absolute Gasteiger partial charge is 0.311 e. The van der Waals surface area contributed by atoms with Crippen molar-refractivity contribution in [2.45, 2.75) is 83.0 Å². The maximum atomic E-state index is 12.2.